The second-order valence-corrected chi connectivity index (χ2v) is 8.57. The summed E-state index contributed by atoms with van der Waals surface area (Å²) in [6.07, 6.45) is 1.74. The van der Waals surface area contributed by atoms with Gasteiger partial charge < -0.3 is 37.6 Å². The van der Waals surface area contributed by atoms with Crippen molar-refractivity contribution >= 4 is 23.7 Å². The van der Waals surface area contributed by atoms with Crippen LogP contribution in [0, 0.1) is 5.92 Å². The molecule has 0 fully saturated rings. The molecule has 3 unspecified atom stereocenters. The van der Waals surface area contributed by atoms with Crippen LogP contribution in [0.5, 0.6) is 5.75 Å². The number of phenolic OH excluding ortho intramolecular Hbond substituents is 1. The van der Waals surface area contributed by atoms with E-state index >= 15 is 0 Å². The Morgan fingerprint density at radius 3 is 2.00 bits per heavy atom. The number of aromatic hydroxyl groups is 1. The maximum Gasteiger partial charge on any atom is 0.326 e. The number of carbonyl (C=O) groups is 4. The van der Waals surface area contributed by atoms with Gasteiger partial charge in [0.15, 0.2) is 0 Å². The van der Waals surface area contributed by atoms with Crippen molar-refractivity contribution in [3.05, 3.63) is 29.8 Å². The van der Waals surface area contributed by atoms with E-state index in [1.165, 1.54) is 12.1 Å². The summed E-state index contributed by atoms with van der Waals surface area (Å²) in [5.41, 5.74) is 11.6. The van der Waals surface area contributed by atoms with Crippen molar-refractivity contribution in [3.63, 3.8) is 0 Å². The van der Waals surface area contributed by atoms with Gasteiger partial charge in [0.05, 0.1) is 6.54 Å². The number of benzene rings is 1. The summed E-state index contributed by atoms with van der Waals surface area (Å²) in [5, 5.41) is 26.6. The van der Waals surface area contributed by atoms with Crippen LogP contribution in [0.1, 0.15) is 45.1 Å². The summed E-state index contributed by atoms with van der Waals surface area (Å²) in [4.78, 5) is 49.5. The first kappa shape index (κ1) is 28.9. The number of nitrogens with one attached hydrogen (secondary N) is 3. The summed E-state index contributed by atoms with van der Waals surface area (Å²) in [6, 6.07) is 3.00. The zero-order chi connectivity index (χ0) is 25.7. The smallest absolute Gasteiger partial charge is 0.326 e. The molecule has 0 aliphatic heterocycles. The van der Waals surface area contributed by atoms with Gasteiger partial charge in [-0.2, -0.15) is 0 Å². The minimum atomic E-state index is -1.16. The first-order chi connectivity index (χ1) is 16.1. The molecule has 0 spiro atoms. The summed E-state index contributed by atoms with van der Waals surface area (Å²) < 4.78 is 0. The third-order valence-corrected chi connectivity index (χ3v) is 5.11. The molecule has 0 aromatic heterocycles. The van der Waals surface area contributed by atoms with E-state index < -0.39 is 41.8 Å². The molecule has 0 saturated carbocycles. The summed E-state index contributed by atoms with van der Waals surface area (Å²) >= 11 is 0. The predicted octanol–water partition coefficient (Wildman–Crippen LogP) is -0.392. The van der Waals surface area contributed by atoms with Gasteiger partial charge in [0.25, 0.3) is 0 Å². The Kier molecular flexibility index (Phi) is 12.6. The van der Waals surface area contributed by atoms with Gasteiger partial charge in [-0.3, -0.25) is 14.4 Å². The van der Waals surface area contributed by atoms with Gasteiger partial charge in [0.1, 0.15) is 23.9 Å². The molecule has 0 aliphatic rings. The molecule has 34 heavy (non-hydrogen) atoms. The quantitative estimate of drug-likeness (QED) is 0.165. The van der Waals surface area contributed by atoms with Crippen molar-refractivity contribution in [2.75, 3.05) is 13.1 Å². The fourth-order valence-electron chi connectivity index (χ4n) is 3.33. The molecule has 1 aromatic rings. The van der Waals surface area contributed by atoms with Crippen LogP contribution in [0.15, 0.2) is 24.3 Å². The average molecular weight is 480 g/mol. The highest BCUT2D eigenvalue weighted by molar-refractivity contribution is 5.93. The number of carboxylic acid groups (broad SMARTS) is 1. The van der Waals surface area contributed by atoms with Gasteiger partial charge in [-0.1, -0.05) is 26.0 Å². The van der Waals surface area contributed by atoms with E-state index in [-0.39, 0.29) is 37.5 Å². The molecule has 3 atom stereocenters. The second-order valence-electron chi connectivity index (χ2n) is 8.57. The Bertz CT molecular complexity index is 815. The van der Waals surface area contributed by atoms with Crippen molar-refractivity contribution in [2.45, 2.75) is 64.1 Å². The maximum atomic E-state index is 13.1. The van der Waals surface area contributed by atoms with Gasteiger partial charge in [0.2, 0.25) is 17.7 Å². The number of rotatable bonds is 15. The number of unbranched alkanes of at least 4 members (excludes halogenated alkanes) is 1. The van der Waals surface area contributed by atoms with Crippen LogP contribution in [0.2, 0.25) is 0 Å². The van der Waals surface area contributed by atoms with Gasteiger partial charge >= 0.3 is 5.97 Å². The van der Waals surface area contributed by atoms with Crippen LogP contribution in [-0.4, -0.2) is 65.1 Å². The van der Waals surface area contributed by atoms with E-state index in [2.05, 4.69) is 16.0 Å². The van der Waals surface area contributed by atoms with E-state index in [4.69, 9.17) is 11.5 Å². The van der Waals surface area contributed by atoms with Gasteiger partial charge in [-0.05, 0) is 55.8 Å². The normalized spacial score (nSPS) is 13.6. The lowest BCUT2D eigenvalue weighted by molar-refractivity contribution is -0.142. The van der Waals surface area contributed by atoms with E-state index in [0.717, 1.165) is 0 Å². The largest absolute Gasteiger partial charge is 0.508 e. The molecule has 11 heteroatoms. The number of carboxylic acids is 1. The molecule has 0 saturated heterocycles. The van der Waals surface area contributed by atoms with Crippen LogP contribution in [0.25, 0.3) is 0 Å². The van der Waals surface area contributed by atoms with Crippen molar-refractivity contribution in [1.29, 1.82) is 0 Å². The highest BCUT2D eigenvalue weighted by Gasteiger charge is 2.29. The molecule has 11 nitrogen and oxygen atoms in total. The SMILES string of the molecule is CC(C)CC(NC(=O)C(CCCCN)NC(=O)C(Cc1ccc(O)cc1)NC(=O)CN)C(=O)O. The lowest BCUT2D eigenvalue weighted by Gasteiger charge is -2.25. The molecule has 1 aromatic carbocycles. The maximum absolute atomic E-state index is 13.1. The molecule has 190 valence electrons. The number of nitrogens with two attached hydrogens (primary N) is 2. The second kappa shape index (κ2) is 14.9. The van der Waals surface area contributed by atoms with Crippen LogP contribution < -0.4 is 27.4 Å². The van der Waals surface area contributed by atoms with Crippen molar-refractivity contribution in [3.8, 4) is 5.75 Å². The van der Waals surface area contributed by atoms with E-state index in [9.17, 15) is 29.4 Å². The van der Waals surface area contributed by atoms with Crippen molar-refractivity contribution < 1.29 is 29.4 Å². The molecule has 1 rings (SSSR count). The zero-order valence-corrected chi connectivity index (χ0v) is 19.8. The third kappa shape index (κ3) is 10.6. The van der Waals surface area contributed by atoms with Gasteiger partial charge in [-0.15, -0.1) is 0 Å². The molecule has 9 N–H and O–H groups in total. The van der Waals surface area contributed by atoms with Crippen LogP contribution in [0.3, 0.4) is 0 Å². The first-order valence-electron chi connectivity index (χ1n) is 11.4. The van der Waals surface area contributed by atoms with Gasteiger partial charge in [0, 0.05) is 6.42 Å². The standard InChI is InChI=1S/C23H37N5O6/c1-14(2)11-19(23(33)34)28-21(31)17(5-3-4-10-24)27-22(32)18(26-20(30)13-25)12-15-6-8-16(29)9-7-15/h6-9,14,17-19,29H,3-5,10-13,24-25H2,1-2H3,(H,26,30)(H,27,32)(H,28,31)(H,33,34). The lowest BCUT2D eigenvalue weighted by atomic mass is 10.0. The first-order valence-corrected chi connectivity index (χ1v) is 11.4. The minimum Gasteiger partial charge on any atom is -0.508 e. The van der Waals surface area contributed by atoms with Crippen LogP contribution >= 0.6 is 0 Å². The molecule has 0 aliphatic carbocycles. The Hall–Kier alpha value is -3.18. The fraction of sp³-hybridized carbons (Fsp3) is 0.565. The molecular weight excluding hydrogens is 442 g/mol. The zero-order valence-electron chi connectivity index (χ0n) is 19.8. The van der Waals surface area contributed by atoms with Crippen LogP contribution in [0.4, 0.5) is 0 Å². The van der Waals surface area contributed by atoms with Crippen molar-refractivity contribution in [1.82, 2.24) is 16.0 Å². The Morgan fingerprint density at radius 1 is 0.882 bits per heavy atom. The lowest BCUT2D eigenvalue weighted by Crippen LogP contribution is -2.56. The number of carbonyl (C=O) groups excluding carboxylic acids is 3. The summed E-state index contributed by atoms with van der Waals surface area (Å²) in [5.74, 6) is -2.85. The number of hydrogen-bond acceptors (Lipinski definition) is 7. The summed E-state index contributed by atoms with van der Waals surface area (Å²) in [7, 11) is 0. The fourth-order valence-corrected chi connectivity index (χ4v) is 3.33. The molecule has 0 bridgehead atoms. The third-order valence-electron chi connectivity index (χ3n) is 5.11. The Balaban J connectivity index is 3.03. The summed E-state index contributed by atoms with van der Waals surface area (Å²) in [6.45, 7) is 3.77. The van der Waals surface area contributed by atoms with E-state index in [1.807, 2.05) is 13.8 Å². The van der Waals surface area contributed by atoms with E-state index in [0.29, 0.717) is 24.9 Å². The Morgan fingerprint density at radius 2 is 1.47 bits per heavy atom. The highest BCUT2D eigenvalue weighted by atomic mass is 16.4. The molecule has 3 amide bonds. The Labute approximate surface area is 199 Å². The topological polar surface area (TPSA) is 197 Å². The number of hydrogen-bond donors (Lipinski definition) is 7. The number of aliphatic carboxylic acids is 1. The predicted molar refractivity (Wildman–Crippen MR) is 127 cm³/mol. The monoisotopic (exact) mass is 479 g/mol. The number of phenols is 1. The van der Waals surface area contributed by atoms with Crippen LogP contribution in [-0.2, 0) is 25.6 Å². The molecule has 0 heterocycles. The molecular formula is C23H37N5O6. The highest BCUT2D eigenvalue weighted by Crippen LogP contribution is 2.12. The molecule has 0 radical (unpaired) electrons. The van der Waals surface area contributed by atoms with Crippen molar-refractivity contribution in [2.24, 2.45) is 17.4 Å². The average Bonchev–Trinajstić information content (AvgIpc) is 2.78. The van der Waals surface area contributed by atoms with Gasteiger partial charge in [-0.25, -0.2) is 4.79 Å². The minimum absolute atomic E-state index is 0.0350. The number of amides is 3. The van der Waals surface area contributed by atoms with E-state index in [1.54, 1.807) is 12.1 Å².